The zero-order chi connectivity index (χ0) is 27.4. The van der Waals surface area contributed by atoms with Gasteiger partial charge in [0.05, 0.1) is 31.9 Å². The summed E-state index contributed by atoms with van der Waals surface area (Å²) in [5, 5.41) is 11.8. The molecule has 0 unspecified atom stereocenters. The largest absolute Gasteiger partial charge is 0.494 e. The lowest BCUT2D eigenvalue weighted by Gasteiger charge is -2.23. The van der Waals surface area contributed by atoms with Gasteiger partial charge >= 0.3 is 0 Å². The Balaban J connectivity index is 1.82. The van der Waals surface area contributed by atoms with Gasteiger partial charge in [-0.05, 0) is 32.0 Å². The minimum Gasteiger partial charge on any atom is -0.494 e. The first-order valence-corrected chi connectivity index (χ1v) is 13.4. The Kier molecular flexibility index (Phi) is 8.02. The van der Waals surface area contributed by atoms with E-state index in [1.165, 1.54) is 21.1 Å². The maximum Gasteiger partial charge on any atom is 0.189 e. The second-order valence-corrected chi connectivity index (χ2v) is 10.7. The quantitative estimate of drug-likeness (QED) is 0.277. The standard InChI is InChI=1S/C24H28FN7O5S/c1-6-37-22(23-26-12-16(25)13-27-23)15(2)38(33,34)14-20-28-29-24(17-10-11-31(3)30-17)32(20)21-18(35-4)8-7-9-19(21)36-5/h7-13,15,22H,6,14H2,1-5H3/t15-,22-/m0/s1. The lowest BCUT2D eigenvalue weighted by Crippen LogP contribution is -2.30. The van der Waals surface area contributed by atoms with Gasteiger partial charge in [-0.15, -0.1) is 10.2 Å². The highest BCUT2D eigenvalue weighted by Crippen LogP contribution is 2.37. The Labute approximate surface area is 219 Å². The molecule has 0 amide bonds. The van der Waals surface area contributed by atoms with Gasteiger partial charge in [0, 0.05) is 19.9 Å². The van der Waals surface area contributed by atoms with Crippen LogP contribution < -0.4 is 9.47 Å². The molecule has 4 aromatic rings. The SMILES string of the molecule is CCO[C@H](c1ncc(F)cn1)[C@H](C)S(=O)(=O)Cc1nnc(-c2ccn(C)n2)n1-c1c(OC)cccc1OC. The van der Waals surface area contributed by atoms with Crippen molar-refractivity contribution in [1.82, 2.24) is 34.5 Å². The molecule has 3 heterocycles. The van der Waals surface area contributed by atoms with Gasteiger partial charge in [-0.2, -0.15) is 5.10 Å². The zero-order valence-corrected chi connectivity index (χ0v) is 22.4. The van der Waals surface area contributed by atoms with Crippen LogP contribution in [0.15, 0.2) is 42.9 Å². The molecule has 2 atom stereocenters. The van der Waals surface area contributed by atoms with Gasteiger partial charge in [-0.25, -0.2) is 22.8 Å². The van der Waals surface area contributed by atoms with Crippen LogP contribution in [0.3, 0.4) is 0 Å². The van der Waals surface area contributed by atoms with Crippen LogP contribution in [0.2, 0.25) is 0 Å². The van der Waals surface area contributed by atoms with Crippen LogP contribution in [0.5, 0.6) is 11.5 Å². The highest BCUT2D eigenvalue weighted by atomic mass is 32.2. The van der Waals surface area contributed by atoms with Crippen LogP contribution in [-0.4, -0.2) is 69.0 Å². The van der Waals surface area contributed by atoms with Crippen molar-refractivity contribution in [2.24, 2.45) is 7.05 Å². The second kappa shape index (κ2) is 11.2. The molecule has 14 heteroatoms. The fraction of sp³-hybridized carbons (Fsp3) is 0.375. The number of aryl methyl sites for hydroxylation is 1. The maximum atomic E-state index is 13.7. The van der Waals surface area contributed by atoms with Gasteiger partial charge in [-0.3, -0.25) is 9.25 Å². The molecule has 0 aliphatic rings. The van der Waals surface area contributed by atoms with Crippen LogP contribution >= 0.6 is 0 Å². The second-order valence-electron chi connectivity index (χ2n) is 8.31. The third-order valence-electron chi connectivity index (χ3n) is 5.86. The summed E-state index contributed by atoms with van der Waals surface area (Å²) in [7, 11) is 0.795. The molecule has 12 nitrogen and oxygen atoms in total. The van der Waals surface area contributed by atoms with Gasteiger partial charge in [0.25, 0.3) is 0 Å². The number of hydrogen-bond donors (Lipinski definition) is 0. The summed E-state index contributed by atoms with van der Waals surface area (Å²) in [6, 6.07) is 6.93. The number of aromatic nitrogens is 7. The van der Waals surface area contributed by atoms with Gasteiger partial charge in [0.1, 0.15) is 34.7 Å². The third-order valence-corrected chi connectivity index (χ3v) is 7.90. The number of ether oxygens (including phenoxy) is 3. The van der Waals surface area contributed by atoms with Crippen molar-refractivity contribution in [3.05, 3.63) is 60.3 Å². The fourth-order valence-electron chi connectivity index (χ4n) is 3.97. The molecular weight excluding hydrogens is 517 g/mol. The number of hydrogen-bond acceptors (Lipinski definition) is 10. The zero-order valence-electron chi connectivity index (χ0n) is 21.6. The molecule has 0 saturated heterocycles. The van der Waals surface area contributed by atoms with Gasteiger partial charge in [-0.1, -0.05) is 6.07 Å². The number of rotatable bonds is 11. The molecule has 1 aromatic carbocycles. The van der Waals surface area contributed by atoms with E-state index in [0.717, 1.165) is 12.4 Å². The van der Waals surface area contributed by atoms with Crippen molar-refractivity contribution in [3.63, 3.8) is 0 Å². The van der Waals surface area contributed by atoms with E-state index in [1.54, 1.807) is 53.7 Å². The summed E-state index contributed by atoms with van der Waals surface area (Å²) in [5.41, 5.74) is 0.890. The predicted molar refractivity (Wildman–Crippen MR) is 135 cm³/mol. The average Bonchev–Trinajstić information content (AvgIpc) is 3.52. The van der Waals surface area contributed by atoms with Crippen LogP contribution in [0.25, 0.3) is 17.2 Å². The number of methoxy groups -OCH3 is 2. The van der Waals surface area contributed by atoms with Gasteiger partial charge in [0.2, 0.25) is 0 Å². The summed E-state index contributed by atoms with van der Waals surface area (Å²) in [6.07, 6.45) is 2.65. The van der Waals surface area contributed by atoms with Crippen LogP contribution in [0.1, 0.15) is 31.6 Å². The Morgan fingerprint density at radius 1 is 1.05 bits per heavy atom. The molecule has 0 bridgehead atoms. The summed E-state index contributed by atoms with van der Waals surface area (Å²) in [5.74, 6) is 0.150. The van der Waals surface area contributed by atoms with Crippen molar-refractivity contribution < 1.29 is 27.0 Å². The molecule has 0 aliphatic heterocycles. The number of halogens is 1. The van der Waals surface area contributed by atoms with E-state index < -0.39 is 32.8 Å². The Hall–Kier alpha value is -3.91. The van der Waals surface area contributed by atoms with E-state index in [4.69, 9.17) is 14.2 Å². The van der Waals surface area contributed by atoms with E-state index in [2.05, 4.69) is 25.3 Å². The fourth-order valence-corrected chi connectivity index (χ4v) is 5.35. The van der Waals surface area contributed by atoms with E-state index in [-0.39, 0.29) is 18.3 Å². The molecule has 0 spiro atoms. The lowest BCUT2D eigenvalue weighted by molar-refractivity contribution is 0.0555. The summed E-state index contributed by atoms with van der Waals surface area (Å²) in [4.78, 5) is 7.89. The molecule has 0 N–H and O–H groups in total. The molecule has 38 heavy (non-hydrogen) atoms. The first-order chi connectivity index (χ1) is 18.2. The highest BCUT2D eigenvalue weighted by Gasteiger charge is 2.36. The number of nitrogens with zero attached hydrogens (tertiary/aromatic N) is 7. The van der Waals surface area contributed by atoms with E-state index in [1.807, 2.05) is 0 Å². The van der Waals surface area contributed by atoms with Crippen molar-refractivity contribution in [2.75, 3.05) is 20.8 Å². The number of benzene rings is 1. The molecular formula is C24H28FN7O5S. The van der Waals surface area contributed by atoms with Crippen molar-refractivity contribution in [1.29, 1.82) is 0 Å². The van der Waals surface area contributed by atoms with Crippen molar-refractivity contribution in [3.8, 4) is 28.7 Å². The van der Waals surface area contributed by atoms with Gasteiger partial charge < -0.3 is 14.2 Å². The minimum atomic E-state index is -3.96. The Morgan fingerprint density at radius 2 is 1.71 bits per heavy atom. The normalized spacial score (nSPS) is 13.3. The molecule has 0 aliphatic carbocycles. The van der Waals surface area contributed by atoms with Crippen LogP contribution in [0, 0.1) is 5.82 Å². The Bertz CT molecular complexity index is 1480. The van der Waals surface area contributed by atoms with Crippen LogP contribution in [-0.2, 0) is 27.4 Å². The topological polar surface area (TPSA) is 136 Å². The third kappa shape index (κ3) is 5.36. The van der Waals surface area contributed by atoms with E-state index >= 15 is 0 Å². The highest BCUT2D eigenvalue weighted by molar-refractivity contribution is 7.91. The minimum absolute atomic E-state index is 0.0614. The van der Waals surface area contributed by atoms with Gasteiger partial charge in [0.15, 0.2) is 33.1 Å². The first-order valence-electron chi connectivity index (χ1n) is 11.7. The van der Waals surface area contributed by atoms with Crippen molar-refractivity contribution >= 4 is 9.84 Å². The first kappa shape index (κ1) is 27.1. The molecule has 4 rings (SSSR count). The van der Waals surface area contributed by atoms with Crippen LogP contribution in [0.4, 0.5) is 4.39 Å². The smallest absolute Gasteiger partial charge is 0.189 e. The maximum absolute atomic E-state index is 13.7. The summed E-state index contributed by atoms with van der Waals surface area (Å²) in [6.45, 7) is 3.41. The Morgan fingerprint density at radius 3 is 2.26 bits per heavy atom. The predicted octanol–water partition coefficient (Wildman–Crippen LogP) is 2.70. The number of para-hydroxylation sites is 1. The molecule has 202 valence electrons. The molecule has 0 saturated carbocycles. The number of sulfone groups is 1. The average molecular weight is 546 g/mol. The molecule has 0 fully saturated rings. The summed E-state index contributed by atoms with van der Waals surface area (Å²) >= 11 is 0. The summed E-state index contributed by atoms with van der Waals surface area (Å²) < 4.78 is 60.9. The lowest BCUT2D eigenvalue weighted by atomic mass is 10.2. The molecule has 0 radical (unpaired) electrons. The van der Waals surface area contributed by atoms with Crippen molar-refractivity contribution in [2.45, 2.75) is 31.0 Å². The monoisotopic (exact) mass is 545 g/mol. The van der Waals surface area contributed by atoms with E-state index in [0.29, 0.717) is 28.7 Å². The molecule has 3 aromatic heterocycles. The van der Waals surface area contributed by atoms with E-state index in [9.17, 15) is 12.8 Å².